The lowest BCUT2D eigenvalue weighted by Gasteiger charge is -2.42. The summed E-state index contributed by atoms with van der Waals surface area (Å²) in [6.07, 6.45) is 3.29. The third-order valence-electron chi connectivity index (χ3n) is 3.95. The minimum absolute atomic E-state index is 0.622. The van der Waals surface area contributed by atoms with Crippen LogP contribution in [0.5, 0.6) is 0 Å². The molecule has 0 aliphatic carbocycles. The van der Waals surface area contributed by atoms with Crippen LogP contribution >= 0.6 is 11.3 Å². The maximum absolute atomic E-state index is 4.20. The van der Waals surface area contributed by atoms with Crippen molar-refractivity contribution in [2.45, 2.75) is 52.7 Å². The van der Waals surface area contributed by atoms with Crippen LogP contribution in [0.4, 0.5) is 0 Å². The summed E-state index contributed by atoms with van der Waals surface area (Å²) in [5, 5.41) is 3.73. The van der Waals surface area contributed by atoms with Crippen molar-refractivity contribution in [3.8, 4) is 0 Å². The van der Waals surface area contributed by atoms with Gasteiger partial charge in [0.2, 0.25) is 0 Å². The van der Waals surface area contributed by atoms with E-state index in [1.807, 2.05) is 11.7 Å². The molecule has 3 nitrogen and oxygen atoms in total. The zero-order valence-electron chi connectivity index (χ0n) is 12.6. The maximum atomic E-state index is 4.20. The average Bonchev–Trinajstić information content (AvgIpc) is 2.83. The summed E-state index contributed by atoms with van der Waals surface area (Å²) >= 11 is 1.77. The first-order chi connectivity index (χ1) is 9.06. The Hall–Kier alpha value is -0.450. The number of piperazine rings is 1. The van der Waals surface area contributed by atoms with Crippen molar-refractivity contribution in [1.82, 2.24) is 15.2 Å². The normalized spacial score (nSPS) is 25.4. The van der Waals surface area contributed by atoms with Crippen molar-refractivity contribution in [1.29, 1.82) is 0 Å². The molecule has 0 amide bonds. The van der Waals surface area contributed by atoms with Crippen LogP contribution in [-0.2, 0) is 6.54 Å². The molecule has 1 aliphatic rings. The molecule has 1 saturated heterocycles. The summed E-state index contributed by atoms with van der Waals surface area (Å²) < 4.78 is 0. The highest BCUT2D eigenvalue weighted by Gasteiger charge is 2.29. The number of nitrogens with one attached hydrogen (secondary N) is 1. The lowest BCUT2D eigenvalue weighted by Crippen LogP contribution is -2.57. The van der Waals surface area contributed by atoms with Crippen molar-refractivity contribution in [3.05, 3.63) is 16.6 Å². The molecule has 1 N–H and O–H groups in total. The largest absolute Gasteiger partial charge is 0.311 e. The molecule has 2 atom stereocenters. The summed E-state index contributed by atoms with van der Waals surface area (Å²) in [6.45, 7) is 12.6. The van der Waals surface area contributed by atoms with E-state index in [-0.39, 0.29) is 0 Å². The second-order valence-electron chi connectivity index (χ2n) is 6.44. The molecule has 2 rings (SSSR count). The summed E-state index contributed by atoms with van der Waals surface area (Å²) in [7, 11) is 0. The summed E-state index contributed by atoms with van der Waals surface area (Å²) in [6, 6.07) is 1.29. The van der Waals surface area contributed by atoms with Gasteiger partial charge in [0.1, 0.15) is 0 Å². The molecule has 19 heavy (non-hydrogen) atoms. The Labute approximate surface area is 121 Å². The van der Waals surface area contributed by atoms with E-state index in [0.29, 0.717) is 18.0 Å². The van der Waals surface area contributed by atoms with E-state index < -0.39 is 0 Å². The number of hydrogen-bond donors (Lipinski definition) is 1. The van der Waals surface area contributed by atoms with E-state index in [9.17, 15) is 0 Å². The fraction of sp³-hybridized carbons (Fsp3) is 0.800. The van der Waals surface area contributed by atoms with Crippen LogP contribution in [0.1, 0.15) is 39.0 Å². The number of nitrogens with zero attached hydrogens (tertiary/aromatic N) is 2. The number of rotatable bonds is 5. The van der Waals surface area contributed by atoms with Crippen LogP contribution in [0.3, 0.4) is 0 Å². The molecule has 1 aromatic heterocycles. The van der Waals surface area contributed by atoms with Gasteiger partial charge in [0.15, 0.2) is 0 Å². The molecule has 4 heteroatoms. The van der Waals surface area contributed by atoms with Gasteiger partial charge < -0.3 is 5.32 Å². The van der Waals surface area contributed by atoms with Gasteiger partial charge in [-0.1, -0.05) is 27.7 Å². The van der Waals surface area contributed by atoms with Gasteiger partial charge in [-0.2, -0.15) is 0 Å². The highest BCUT2D eigenvalue weighted by atomic mass is 32.1. The van der Waals surface area contributed by atoms with Gasteiger partial charge in [0.05, 0.1) is 5.51 Å². The first kappa shape index (κ1) is 14.9. The fourth-order valence-corrected chi connectivity index (χ4v) is 3.44. The second-order valence-corrected chi connectivity index (χ2v) is 7.41. The molecule has 1 aromatic rings. The maximum Gasteiger partial charge on any atom is 0.0794 e. The average molecular weight is 281 g/mol. The van der Waals surface area contributed by atoms with Crippen molar-refractivity contribution < 1.29 is 0 Å². The molecule has 0 bridgehead atoms. The quantitative estimate of drug-likeness (QED) is 0.899. The monoisotopic (exact) mass is 281 g/mol. The van der Waals surface area contributed by atoms with Crippen LogP contribution in [0.25, 0.3) is 0 Å². The van der Waals surface area contributed by atoms with Crippen LogP contribution in [0.2, 0.25) is 0 Å². The third kappa shape index (κ3) is 4.26. The van der Waals surface area contributed by atoms with Crippen molar-refractivity contribution in [2.24, 2.45) is 11.8 Å². The van der Waals surface area contributed by atoms with Gasteiger partial charge in [-0.25, -0.2) is 0 Å². The minimum Gasteiger partial charge on any atom is -0.311 e. The van der Waals surface area contributed by atoms with E-state index >= 15 is 0 Å². The van der Waals surface area contributed by atoms with Gasteiger partial charge in [-0.15, -0.1) is 11.3 Å². The first-order valence-corrected chi connectivity index (χ1v) is 8.29. The molecule has 108 valence electrons. The van der Waals surface area contributed by atoms with Gasteiger partial charge in [0.25, 0.3) is 0 Å². The molecule has 1 aliphatic heterocycles. The molecule has 0 aromatic carbocycles. The predicted octanol–water partition coefficient (Wildman–Crippen LogP) is 2.99. The molecule has 2 heterocycles. The SMILES string of the molecule is CC(C)CC1CNC(C(C)C)CN1Cc1cncs1. The zero-order valence-corrected chi connectivity index (χ0v) is 13.4. The fourth-order valence-electron chi connectivity index (χ4n) is 2.82. The van der Waals surface area contributed by atoms with E-state index in [2.05, 4.69) is 42.9 Å². The Kier molecular flexibility index (Phi) is 5.37. The van der Waals surface area contributed by atoms with E-state index in [4.69, 9.17) is 0 Å². The third-order valence-corrected chi connectivity index (χ3v) is 4.72. The highest BCUT2D eigenvalue weighted by Crippen LogP contribution is 2.21. The second kappa shape index (κ2) is 6.82. The Balaban J connectivity index is 2.02. The van der Waals surface area contributed by atoms with Crippen LogP contribution < -0.4 is 5.32 Å². The van der Waals surface area contributed by atoms with Gasteiger partial charge >= 0.3 is 0 Å². The minimum atomic E-state index is 0.622. The molecular formula is C15H27N3S. The predicted molar refractivity (Wildman–Crippen MR) is 82.4 cm³/mol. The standard InChI is InChI=1S/C15H27N3S/c1-11(2)5-13-6-17-15(12(3)4)9-18(13)8-14-7-16-10-19-14/h7,10-13,15,17H,5-6,8-9H2,1-4H3. The van der Waals surface area contributed by atoms with Crippen LogP contribution in [0.15, 0.2) is 11.7 Å². The van der Waals surface area contributed by atoms with Gasteiger partial charge in [0, 0.05) is 42.8 Å². The van der Waals surface area contributed by atoms with Crippen molar-refractivity contribution in [3.63, 3.8) is 0 Å². The van der Waals surface area contributed by atoms with Crippen molar-refractivity contribution in [2.75, 3.05) is 13.1 Å². The number of aromatic nitrogens is 1. The van der Waals surface area contributed by atoms with Crippen LogP contribution in [0, 0.1) is 11.8 Å². The Morgan fingerprint density at radius 3 is 2.79 bits per heavy atom. The Morgan fingerprint density at radius 1 is 1.42 bits per heavy atom. The van der Waals surface area contributed by atoms with Gasteiger partial charge in [-0.05, 0) is 18.3 Å². The van der Waals surface area contributed by atoms with E-state index in [1.165, 1.54) is 11.3 Å². The number of hydrogen-bond acceptors (Lipinski definition) is 4. The van der Waals surface area contributed by atoms with E-state index in [0.717, 1.165) is 25.6 Å². The highest BCUT2D eigenvalue weighted by molar-refractivity contribution is 7.09. The topological polar surface area (TPSA) is 28.2 Å². The lowest BCUT2D eigenvalue weighted by atomic mass is 9.95. The Bertz CT molecular complexity index is 361. The lowest BCUT2D eigenvalue weighted by molar-refractivity contribution is 0.0933. The molecule has 2 unspecified atom stereocenters. The van der Waals surface area contributed by atoms with Crippen molar-refractivity contribution >= 4 is 11.3 Å². The molecule has 0 radical (unpaired) electrons. The molecule has 0 spiro atoms. The van der Waals surface area contributed by atoms with Crippen LogP contribution in [-0.4, -0.2) is 35.1 Å². The smallest absolute Gasteiger partial charge is 0.0794 e. The summed E-state index contributed by atoms with van der Waals surface area (Å²) in [4.78, 5) is 8.25. The Morgan fingerprint density at radius 2 is 2.21 bits per heavy atom. The summed E-state index contributed by atoms with van der Waals surface area (Å²) in [5.74, 6) is 1.45. The van der Waals surface area contributed by atoms with E-state index in [1.54, 1.807) is 11.3 Å². The number of thiazole rings is 1. The van der Waals surface area contributed by atoms with Gasteiger partial charge in [-0.3, -0.25) is 9.88 Å². The first-order valence-electron chi connectivity index (χ1n) is 7.41. The summed E-state index contributed by atoms with van der Waals surface area (Å²) in [5.41, 5.74) is 1.94. The zero-order chi connectivity index (χ0) is 13.8. The molecular weight excluding hydrogens is 254 g/mol. The molecule has 1 fully saturated rings. The molecule has 0 saturated carbocycles.